The van der Waals surface area contributed by atoms with Gasteiger partial charge in [-0.15, -0.1) is 0 Å². The zero-order valence-electron chi connectivity index (χ0n) is 13.3. The monoisotopic (exact) mass is 355 g/mol. The highest BCUT2D eigenvalue weighted by molar-refractivity contribution is 5.89. The van der Waals surface area contributed by atoms with Gasteiger partial charge in [-0.25, -0.2) is 18.6 Å². The lowest BCUT2D eigenvalue weighted by Gasteiger charge is -2.11. The molecule has 0 bridgehead atoms. The Morgan fingerprint density at radius 2 is 2.00 bits per heavy atom. The van der Waals surface area contributed by atoms with Gasteiger partial charge in [0.1, 0.15) is 24.8 Å². The van der Waals surface area contributed by atoms with E-state index in [4.69, 9.17) is 10.00 Å². The van der Waals surface area contributed by atoms with Crippen LogP contribution in [0, 0.1) is 23.0 Å². The minimum atomic E-state index is -1.06. The summed E-state index contributed by atoms with van der Waals surface area (Å²) in [5, 5.41) is 9.25. The average Bonchev–Trinajstić information content (AvgIpc) is 2.62. The van der Waals surface area contributed by atoms with Gasteiger partial charge in [0.05, 0.1) is 22.5 Å². The van der Waals surface area contributed by atoms with Crippen molar-refractivity contribution in [1.29, 1.82) is 5.26 Å². The number of nitrogens with zero attached hydrogens (tertiary/aromatic N) is 3. The van der Waals surface area contributed by atoms with Crippen LogP contribution < -0.4 is 5.56 Å². The van der Waals surface area contributed by atoms with Crippen LogP contribution in [0.2, 0.25) is 0 Å². The van der Waals surface area contributed by atoms with E-state index < -0.39 is 35.3 Å². The first kappa shape index (κ1) is 17.2. The van der Waals surface area contributed by atoms with Crippen molar-refractivity contribution in [1.82, 2.24) is 9.55 Å². The minimum Gasteiger partial charge on any atom is -0.454 e. The molecule has 0 N–H and O–H groups in total. The van der Waals surface area contributed by atoms with Gasteiger partial charge in [0.25, 0.3) is 5.56 Å². The summed E-state index contributed by atoms with van der Waals surface area (Å²) >= 11 is 0. The van der Waals surface area contributed by atoms with E-state index in [1.165, 1.54) is 0 Å². The van der Waals surface area contributed by atoms with E-state index in [0.717, 1.165) is 16.7 Å². The van der Waals surface area contributed by atoms with Crippen LogP contribution in [0.15, 0.2) is 47.3 Å². The fraction of sp³-hybridized carbons (Fsp3) is 0.111. The second-order valence-corrected chi connectivity index (χ2v) is 5.29. The first-order valence-electron chi connectivity index (χ1n) is 7.49. The Morgan fingerprint density at radius 1 is 1.23 bits per heavy atom. The molecule has 6 nitrogen and oxygen atoms in total. The maximum Gasteiger partial charge on any atom is 0.341 e. The second-order valence-electron chi connectivity index (χ2n) is 5.29. The topological polar surface area (TPSA) is 85.0 Å². The Labute approximate surface area is 145 Å². The van der Waals surface area contributed by atoms with Gasteiger partial charge in [-0.1, -0.05) is 12.1 Å². The number of halogens is 2. The molecule has 0 saturated heterocycles. The first-order chi connectivity index (χ1) is 12.5. The number of esters is 1. The Kier molecular flexibility index (Phi) is 4.71. The molecule has 0 saturated carbocycles. The molecule has 1 heterocycles. The third-order valence-electron chi connectivity index (χ3n) is 3.65. The quantitative estimate of drug-likeness (QED) is 0.672. The number of aromatic nitrogens is 2. The number of hydrogen-bond acceptors (Lipinski definition) is 5. The summed E-state index contributed by atoms with van der Waals surface area (Å²) in [5.41, 5.74) is -0.511. The van der Waals surface area contributed by atoms with E-state index in [-0.39, 0.29) is 12.4 Å². The number of carbonyl (C=O) groups excluding carboxylic acids is 1. The van der Waals surface area contributed by atoms with Crippen molar-refractivity contribution in [3.05, 3.63) is 75.8 Å². The largest absolute Gasteiger partial charge is 0.454 e. The lowest BCUT2D eigenvalue weighted by Crippen LogP contribution is -2.26. The zero-order valence-corrected chi connectivity index (χ0v) is 13.3. The molecule has 26 heavy (non-hydrogen) atoms. The summed E-state index contributed by atoms with van der Waals surface area (Å²) in [6, 6.07) is 10.8. The van der Waals surface area contributed by atoms with Crippen LogP contribution in [-0.2, 0) is 17.9 Å². The molecular weight excluding hydrogens is 344 g/mol. The van der Waals surface area contributed by atoms with Crippen LogP contribution in [0.25, 0.3) is 10.9 Å². The number of rotatable bonds is 4. The van der Waals surface area contributed by atoms with Crippen LogP contribution in [0.3, 0.4) is 0 Å². The highest BCUT2D eigenvalue weighted by atomic mass is 19.1. The lowest BCUT2D eigenvalue weighted by atomic mass is 10.2. The van der Waals surface area contributed by atoms with E-state index in [9.17, 15) is 18.4 Å². The third-order valence-corrected chi connectivity index (χ3v) is 3.65. The van der Waals surface area contributed by atoms with E-state index in [1.807, 2.05) is 6.07 Å². The van der Waals surface area contributed by atoms with Crippen molar-refractivity contribution in [2.45, 2.75) is 13.2 Å². The molecule has 0 aliphatic carbocycles. The van der Waals surface area contributed by atoms with E-state index in [0.29, 0.717) is 17.0 Å². The Morgan fingerprint density at radius 3 is 2.73 bits per heavy atom. The Bertz CT molecular complexity index is 1100. The van der Waals surface area contributed by atoms with Gasteiger partial charge in [-0.3, -0.25) is 9.36 Å². The maximum absolute atomic E-state index is 13.6. The number of nitriles is 1. The lowest BCUT2D eigenvalue weighted by molar-refractivity contribution is 0.0451. The van der Waals surface area contributed by atoms with Gasteiger partial charge in [0, 0.05) is 6.07 Å². The molecule has 0 unspecified atom stereocenters. The highest BCUT2D eigenvalue weighted by Gasteiger charge is 2.17. The fourth-order valence-electron chi connectivity index (χ4n) is 2.42. The highest BCUT2D eigenvalue weighted by Crippen LogP contribution is 2.13. The summed E-state index contributed by atoms with van der Waals surface area (Å²) in [6.07, 6.45) is 0. The second kappa shape index (κ2) is 7.11. The van der Waals surface area contributed by atoms with Crippen LogP contribution in [0.1, 0.15) is 16.2 Å². The SMILES string of the molecule is N#CCn1c(COC(=O)c2ccc(F)cc2F)nc2ccccc2c1=O. The zero-order chi connectivity index (χ0) is 18.7. The Hall–Kier alpha value is -3.60. The van der Waals surface area contributed by atoms with Crippen molar-refractivity contribution >= 4 is 16.9 Å². The molecule has 0 radical (unpaired) electrons. The molecule has 0 amide bonds. The molecule has 0 spiro atoms. The minimum absolute atomic E-state index is 0.0473. The van der Waals surface area contributed by atoms with Gasteiger partial charge in [-0.2, -0.15) is 5.26 Å². The van der Waals surface area contributed by atoms with E-state index in [1.54, 1.807) is 24.3 Å². The maximum atomic E-state index is 13.6. The van der Waals surface area contributed by atoms with Gasteiger partial charge in [-0.05, 0) is 24.3 Å². The summed E-state index contributed by atoms with van der Waals surface area (Å²) in [7, 11) is 0. The van der Waals surface area contributed by atoms with Crippen molar-refractivity contribution in [3.63, 3.8) is 0 Å². The normalized spacial score (nSPS) is 10.5. The van der Waals surface area contributed by atoms with Crippen molar-refractivity contribution in [2.75, 3.05) is 0 Å². The predicted octanol–water partition coefficient (Wildman–Crippen LogP) is 2.56. The number of fused-ring (bicyclic) bond motifs is 1. The van der Waals surface area contributed by atoms with Gasteiger partial charge in [0.2, 0.25) is 0 Å². The molecule has 130 valence electrons. The van der Waals surface area contributed by atoms with Gasteiger partial charge < -0.3 is 4.74 Å². The molecule has 0 aliphatic heterocycles. The van der Waals surface area contributed by atoms with Crippen LogP contribution >= 0.6 is 0 Å². The summed E-state index contributed by atoms with van der Waals surface area (Å²) in [5.74, 6) is -2.87. The van der Waals surface area contributed by atoms with E-state index >= 15 is 0 Å². The molecule has 3 aromatic rings. The molecule has 0 atom stereocenters. The van der Waals surface area contributed by atoms with Crippen molar-refractivity contribution in [2.24, 2.45) is 0 Å². The molecule has 0 aliphatic rings. The number of para-hydroxylation sites is 1. The average molecular weight is 355 g/mol. The van der Waals surface area contributed by atoms with E-state index in [2.05, 4.69) is 4.98 Å². The number of benzene rings is 2. The third kappa shape index (κ3) is 3.28. The molecule has 0 fully saturated rings. The van der Waals surface area contributed by atoms with Gasteiger partial charge >= 0.3 is 5.97 Å². The number of ether oxygens (including phenoxy) is 1. The predicted molar refractivity (Wildman–Crippen MR) is 87.1 cm³/mol. The number of carbonyl (C=O) groups is 1. The summed E-state index contributed by atoms with van der Waals surface area (Å²) in [4.78, 5) is 28.7. The van der Waals surface area contributed by atoms with Crippen molar-refractivity contribution in [3.8, 4) is 6.07 Å². The smallest absolute Gasteiger partial charge is 0.341 e. The molecule has 3 rings (SSSR count). The van der Waals surface area contributed by atoms with Crippen LogP contribution in [-0.4, -0.2) is 15.5 Å². The van der Waals surface area contributed by atoms with Crippen molar-refractivity contribution < 1.29 is 18.3 Å². The molecule has 1 aromatic heterocycles. The van der Waals surface area contributed by atoms with Crippen LogP contribution in [0.4, 0.5) is 8.78 Å². The first-order valence-corrected chi connectivity index (χ1v) is 7.49. The standard InChI is InChI=1S/C18H11F2N3O3/c19-11-5-6-12(14(20)9-11)18(25)26-10-16-22-15-4-2-1-3-13(15)17(24)23(16)8-7-21/h1-6,9H,8,10H2. The summed E-state index contributed by atoms with van der Waals surface area (Å²) < 4.78 is 32.6. The van der Waals surface area contributed by atoms with Gasteiger partial charge in [0.15, 0.2) is 5.82 Å². The number of hydrogen-bond donors (Lipinski definition) is 0. The Balaban J connectivity index is 1.93. The summed E-state index contributed by atoms with van der Waals surface area (Å²) in [6.45, 7) is -0.730. The van der Waals surface area contributed by atoms with Crippen LogP contribution in [0.5, 0.6) is 0 Å². The molecule has 2 aromatic carbocycles. The fourth-order valence-corrected chi connectivity index (χ4v) is 2.42. The molecule has 8 heteroatoms. The molecular formula is C18H11F2N3O3.